The van der Waals surface area contributed by atoms with Crippen molar-refractivity contribution < 1.29 is 9.53 Å². The molecule has 0 amide bonds. The van der Waals surface area contributed by atoms with Crippen molar-refractivity contribution in [3.8, 4) is 5.75 Å². The fraction of sp³-hybridized carbons (Fsp3) is 0.231. The first kappa shape index (κ1) is 12.6. The van der Waals surface area contributed by atoms with E-state index in [2.05, 4.69) is 4.99 Å². The van der Waals surface area contributed by atoms with Gasteiger partial charge in [-0.25, -0.2) is 4.79 Å². The molecule has 1 unspecified atom stereocenters. The maximum atomic E-state index is 12.0. The zero-order valence-electron chi connectivity index (χ0n) is 9.91. The van der Waals surface area contributed by atoms with Crippen molar-refractivity contribution in [2.75, 3.05) is 7.05 Å². The van der Waals surface area contributed by atoms with Crippen LogP contribution in [-0.2, 0) is 10.7 Å². The molecule has 0 aliphatic carbocycles. The SMILES string of the molecule is CN1C=CN=CC1C(=O)Oc1cccc(CCl)c1. The van der Waals surface area contributed by atoms with Gasteiger partial charge in [-0.2, -0.15) is 0 Å². The van der Waals surface area contributed by atoms with Crippen LogP contribution in [0.4, 0.5) is 0 Å². The highest BCUT2D eigenvalue weighted by molar-refractivity contribution is 6.17. The first-order valence-electron chi connectivity index (χ1n) is 5.49. The molecule has 1 aliphatic heterocycles. The standard InChI is InChI=1S/C13H13ClN2O2/c1-16-6-5-15-9-12(16)13(17)18-11-4-2-3-10(7-11)8-14/h2-7,9,12H,8H2,1H3. The van der Waals surface area contributed by atoms with Gasteiger partial charge >= 0.3 is 5.97 Å². The zero-order valence-corrected chi connectivity index (χ0v) is 10.7. The lowest BCUT2D eigenvalue weighted by atomic mass is 10.2. The summed E-state index contributed by atoms with van der Waals surface area (Å²) in [4.78, 5) is 17.6. The lowest BCUT2D eigenvalue weighted by Crippen LogP contribution is -2.40. The molecule has 1 atom stereocenters. The molecule has 2 rings (SSSR count). The minimum atomic E-state index is -0.491. The lowest BCUT2D eigenvalue weighted by molar-refractivity contribution is -0.136. The molecule has 1 aromatic rings. The quantitative estimate of drug-likeness (QED) is 0.477. The average Bonchev–Trinajstić information content (AvgIpc) is 2.39. The second-order valence-electron chi connectivity index (χ2n) is 3.91. The van der Waals surface area contributed by atoms with E-state index in [1.54, 1.807) is 48.8 Å². The van der Waals surface area contributed by atoms with Gasteiger partial charge in [-0.3, -0.25) is 4.99 Å². The van der Waals surface area contributed by atoms with Gasteiger partial charge in [-0.15, -0.1) is 11.6 Å². The Hall–Kier alpha value is -1.81. The van der Waals surface area contributed by atoms with Crippen molar-refractivity contribution in [3.05, 3.63) is 42.2 Å². The van der Waals surface area contributed by atoms with E-state index in [0.717, 1.165) is 5.56 Å². The van der Waals surface area contributed by atoms with Gasteiger partial charge in [-0.1, -0.05) is 12.1 Å². The van der Waals surface area contributed by atoms with Crippen LogP contribution >= 0.6 is 11.6 Å². The number of hydrogen-bond acceptors (Lipinski definition) is 4. The Labute approximate surface area is 111 Å². The second-order valence-corrected chi connectivity index (χ2v) is 4.18. The van der Waals surface area contributed by atoms with Gasteiger partial charge in [0.05, 0.1) is 0 Å². The normalized spacial score (nSPS) is 17.9. The molecule has 0 fully saturated rings. The Morgan fingerprint density at radius 1 is 1.56 bits per heavy atom. The fourth-order valence-corrected chi connectivity index (χ4v) is 1.73. The number of nitrogens with zero attached hydrogens (tertiary/aromatic N) is 2. The van der Waals surface area contributed by atoms with E-state index in [1.165, 1.54) is 0 Å². The van der Waals surface area contributed by atoms with Gasteiger partial charge in [0, 0.05) is 31.5 Å². The Morgan fingerprint density at radius 3 is 3.11 bits per heavy atom. The molecule has 1 aromatic carbocycles. The van der Waals surface area contributed by atoms with Gasteiger partial charge < -0.3 is 9.64 Å². The monoisotopic (exact) mass is 264 g/mol. The Kier molecular flexibility index (Phi) is 3.99. The van der Waals surface area contributed by atoms with Gasteiger partial charge in [0.2, 0.25) is 0 Å². The summed E-state index contributed by atoms with van der Waals surface area (Å²) < 4.78 is 5.30. The van der Waals surface area contributed by atoms with E-state index >= 15 is 0 Å². The van der Waals surface area contributed by atoms with E-state index in [1.807, 2.05) is 6.07 Å². The number of carbonyl (C=O) groups excluding carboxylic acids is 1. The van der Waals surface area contributed by atoms with E-state index in [0.29, 0.717) is 11.6 Å². The molecule has 94 valence electrons. The average molecular weight is 265 g/mol. The van der Waals surface area contributed by atoms with E-state index in [9.17, 15) is 4.79 Å². The number of hydrogen-bond donors (Lipinski definition) is 0. The molecule has 0 spiro atoms. The van der Waals surface area contributed by atoms with Crippen molar-refractivity contribution in [2.24, 2.45) is 4.99 Å². The summed E-state index contributed by atoms with van der Waals surface area (Å²) >= 11 is 5.73. The van der Waals surface area contributed by atoms with Crippen LogP contribution in [0.1, 0.15) is 5.56 Å². The number of esters is 1. The Morgan fingerprint density at radius 2 is 2.39 bits per heavy atom. The number of rotatable bonds is 3. The molecule has 0 bridgehead atoms. The van der Waals surface area contributed by atoms with Crippen molar-refractivity contribution in [1.82, 2.24) is 4.90 Å². The molecule has 18 heavy (non-hydrogen) atoms. The summed E-state index contributed by atoms with van der Waals surface area (Å²) in [6.45, 7) is 0. The molecule has 0 saturated carbocycles. The first-order chi connectivity index (χ1) is 8.70. The van der Waals surface area contributed by atoms with Gasteiger partial charge in [0.25, 0.3) is 0 Å². The Bertz CT molecular complexity index is 500. The number of alkyl halides is 1. The highest BCUT2D eigenvalue weighted by Gasteiger charge is 2.23. The predicted molar refractivity (Wildman–Crippen MR) is 70.8 cm³/mol. The zero-order chi connectivity index (χ0) is 13.0. The fourth-order valence-electron chi connectivity index (χ4n) is 1.57. The molecule has 0 radical (unpaired) electrons. The van der Waals surface area contributed by atoms with Gasteiger partial charge in [-0.05, 0) is 17.7 Å². The summed E-state index contributed by atoms with van der Waals surface area (Å²) in [5.41, 5.74) is 0.910. The molecule has 0 N–H and O–H groups in total. The number of ether oxygens (including phenoxy) is 1. The maximum absolute atomic E-state index is 12.0. The van der Waals surface area contributed by atoms with Crippen LogP contribution in [0.3, 0.4) is 0 Å². The minimum Gasteiger partial charge on any atom is -0.425 e. The van der Waals surface area contributed by atoms with Crippen LogP contribution in [0.15, 0.2) is 41.7 Å². The van der Waals surface area contributed by atoms with Crippen molar-refractivity contribution in [3.63, 3.8) is 0 Å². The van der Waals surface area contributed by atoms with E-state index < -0.39 is 6.04 Å². The molecule has 4 nitrogen and oxygen atoms in total. The molecular weight excluding hydrogens is 252 g/mol. The van der Waals surface area contributed by atoms with Gasteiger partial charge in [0.15, 0.2) is 6.04 Å². The smallest absolute Gasteiger partial charge is 0.339 e. The van der Waals surface area contributed by atoms with Gasteiger partial charge in [0.1, 0.15) is 5.75 Å². The molecule has 1 aliphatic rings. The lowest BCUT2D eigenvalue weighted by Gasteiger charge is -2.23. The summed E-state index contributed by atoms with van der Waals surface area (Å²) in [6, 6.07) is 6.67. The summed E-state index contributed by atoms with van der Waals surface area (Å²) in [6.07, 6.45) is 4.90. The van der Waals surface area contributed by atoms with E-state index in [4.69, 9.17) is 16.3 Å². The minimum absolute atomic E-state index is 0.364. The van der Waals surface area contributed by atoms with Crippen molar-refractivity contribution in [2.45, 2.75) is 11.9 Å². The number of likely N-dealkylation sites (N-methyl/N-ethyl adjacent to an activating group) is 1. The number of halogens is 1. The number of carbonyl (C=O) groups is 1. The van der Waals surface area contributed by atoms with Crippen LogP contribution < -0.4 is 4.74 Å². The van der Waals surface area contributed by atoms with Crippen molar-refractivity contribution in [1.29, 1.82) is 0 Å². The third-order valence-corrected chi connectivity index (χ3v) is 2.88. The maximum Gasteiger partial charge on any atom is 0.339 e. The third kappa shape index (κ3) is 2.90. The summed E-state index contributed by atoms with van der Waals surface area (Å²) in [5.74, 6) is 0.519. The highest BCUT2D eigenvalue weighted by Crippen LogP contribution is 2.16. The molecule has 1 heterocycles. The van der Waals surface area contributed by atoms with Crippen LogP contribution in [-0.4, -0.2) is 30.2 Å². The summed E-state index contributed by atoms with van der Waals surface area (Å²) in [5, 5.41) is 0. The second kappa shape index (κ2) is 5.69. The molecule has 0 saturated heterocycles. The van der Waals surface area contributed by atoms with Crippen LogP contribution in [0.25, 0.3) is 0 Å². The molecule has 0 aromatic heterocycles. The van der Waals surface area contributed by atoms with Crippen LogP contribution in [0, 0.1) is 0 Å². The molecular formula is C13H13ClN2O2. The highest BCUT2D eigenvalue weighted by atomic mass is 35.5. The molecule has 5 heteroatoms. The van der Waals surface area contributed by atoms with Crippen LogP contribution in [0.5, 0.6) is 5.75 Å². The summed E-state index contributed by atoms with van der Waals surface area (Å²) in [7, 11) is 1.79. The van der Waals surface area contributed by atoms with Crippen molar-refractivity contribution >= 4 is 23.8 Å². The first-order valence-corrected chi connectivity index (χ1v) is 6.02. The number of aliphatic imine (C=N–C) groups is 1. The third-order valence-electron chi connectivity index (χ3n) is 2.57. The number of benzene rings is 1. The largest absolute Gasteiger partial charge is 0.425 e. The van der Waals surface area contributed by atoms with Crippen LogP contribution in [0.2, 0.25) is 0 Å². The Balaban J connectivity index is 2.06. The topological polar surface area (TPSA) is 41.9 Å². The predicted octanol–water partition coefficient (Wildman–Crippen LogP) is 2.19. The van der Waals surface area contributed by atoms with E-state index in [-0.39, 0.29) is 5.97 Å².